The fourth-order valence-corrected chi connectivity index (χ4v) is 2.78. The lowest BCUT2D eigenvalue weighted by Gasteiger charge is -2.18. The number of alkyl halides is 3. The minimum atomic E-state index is -4.44. The summed E-state index contributed by atoms with van der Waals surface area (Å²) in [5.41, 5.74) is -0.880. The van der Waals surface area contributed by atoms with Gasteiger partial charge in [-0.25, -0.2) is 0 Å². The molecule has 1 heterocycles. The molecule has 2 rings (SSSR count). The maximum atomic E-state index is 12.8. The van der Waals surface area contributed by atoms with Gasteiger partial charge < -0.3 is 5.11 Å². The Labute approximate surface area is 110 Å². The molecule has 19 heavy (non-hydrogen) atoms. The van der Waals surface area contributed by atoms with Crippen LogP contribution in [0.15, 0.2) is 18.5 Å². The number of nitrogens with zero attached hydrogens (tertiary/aromatic N) is 1. The first-order chi connectivity index (χ1) is 8.98. The zero-order valence-corrected chi connectivity index (χ0v) is 10.7. The maximum absolute atomic E-state index is 12.8. The number of pyridine rings is 1. The molecule has 1 aromatic rings. The first-order valence-corrected chi connectivity index (χ1v) is 6.67. The van der Waals surface area contributed by atoms with Crippen molar-refractivity contribution in [3.63, 3.8) is 0 Å². The van der Waals surface area contributed by atoms with E-state index in [1.807, 2.05) is 0 Å². The van der Waals surface area contributed by atoms with Gasteiger partial charge in [0.05, 0.1) is 11.7 Å². The Balaban J connectivity index is 2.03. The first kappa shape index (κ1) is 14.3. The molecule has 0 aromatic carbocycles. The molecule has 0 spiro atoms. The van der Waals surface area contributed by atoms with E-state index < -0.39 is 17.8 Å². The SMILES string of the molecule is OC(CCC1CCCC1)c1cnccc1C(F)(F)F. The first-order valence-electron chi connectivity index (χ1n) is 6.67. The second kappa shape index (κ2) is 5.90. The van der Waals surface area contributed by atoms with Gasteiger partial charge in [0.15, 0.2) is 0 Å². The van der Waals surface area contributed by atoms with E-state index in [1.165, 1.54) is 12.8 Å². The summed E-state index contributed by atoms with van der Waals surface area (Å²) in [5.74, 6) is 0.556. The smallest absolute Gasteiger partial charge is 0.388 e. The van der Waals surface area contributed by atoms with Crippen LogP contribution in [0.5, 0.6) is 0 Å². The van der Waals surface area contributed by atoms with E-state index in [0.717, 1.165) is 37.7 Å². The molecule has 1 unspecified atom stereocenters. The lowest BCUT2D eigenvalue weighted by molar-refractivity contribution is -0.139. The van der Waals surface area contributed by atoms with Crippen LogP contribution >= 0.6 is 0 Å². The number of rotatable bonds is 4. The highest BCUT2D eigenvalue weighted by Gasteiger charge is 2.35. The largest absolute Gasteiger partial charge is 0.416 e. The fraction of sp³-hybridized carbons (Fsp3) is 0.643. The van der Waals surface area contributed by atoms with E-state index in [9.17, 15) is 18.3 Å². The number of aromatic nitrogens is 1. The van der Waals surface area contributed by atoms with Crippen LogP contribution in [0.2, 0.25) is 0 Å². The van der Waals surface area contributed by atoms with Crippen molar-refractivity contribution in [3.8, 4) is 0 Å². The summed E-state index contributed by atoms with van der Waals surface area (Å²) in [6.45, 7) is 0. The average molecular weight is 273 g/mol. The number of aliphatic hydroxyl groups is 1. The second-order valence-corrected chi connectivity index (χ2v) is 5.20. The Bertz CT molecular complexity index is 413. The van der Waals surface area contributed by atoms with Crippen molar-refractivity contribution in [2.24, 2.45) is 5.92 Å². The van der Waals surface area contributed by atoms with Gasteiger partial charge in [-0.1, -0.05) is 25.7 Å². The van der Waals surface area contributed by atoms with E-state index in [-0.39, 0.29) is 5.56 Å². The van der Waals surface area contributed by atoms with Crippen molar-refractivity contribution >= 4 is 0 Å². The molecule has 1 aliphatic rings. The molecule has 0 bridgehead atoms. The molecule has 1 aliphatic carbocycles. The van der Waals surface area contributed by atoms with Gasteiger partial charge in [-0.3, -0.25) is 4.98 Å². The number of halogens is 3. The molecule has 1 saturated carbocycles. The molecule has 0 radical (unpaired) electrons. The predicted octanol–water partition coefficient (Wildman–Crippen LogP) is 4.10. The topological polar surface area (TPSA) is 33.1 Å². The summed E-state index contributed by atoms with van der Waals surface area (Å²) in [7, 11) is 0. The van der Waals surface area contributed by atoms with Gasteiger partial charge in [0, 0.05) is 18.0 Å². The van der Waals surface area contributed by atoms with Crippen LogP contribution in [0.4, 0.5) is 13.2 Å². The molecular formula is C14H18F3NO. The molecular weight excluding hydrogens is 255 g/mol. The number of hydrogen-bond donors (Lipinski definition) is 1. The lowest BCUT2D eigenvalue weighted by atomic mass is 9.95. The van der Waals surface area contributed by atoms with Crippen LogP contribution in [0.1, 0.15) is 55.8 Å². The van der Waals surface area contributed by atoms with Crippen molar-refractivity contribution in [2.45, 2.75) is 50.8 Å². The Morgan fingerprint density at radius 3 is 2.63 bits per heavy atom. The van der Waals surface area contributed by atoms with Crippen molar-refractivity contribution < 1.29 is 18.3 Å². The minimum absolute atomic E-state index is 0.104. The van der Waals surface area contributed by atoms with Crippen LogP contribution in [0.3, 0.4) is 0 Å². The fourth-order valence-electron chi connectivity index (χ4n) is 2.78. The summed E-state index contributed by atoms with van der Waals surface area (Å²) in [6, 6.07) is 0.925. The van der Waals surface area contributed by atoms with Crippen molar-refractivity contribution in [2.75, 3.05) is 0 Å². The van der Waals surface area contributed by atoms with Gasteiger partial charge in [-0.15, -0.1) is 0 Å². The molecule has 1 atom stereocenters. The zero-order chi connectivity index (χ0) is 13.9. The van der Waals surface area contributed by atoms with Gasteiger partial charge in [0.1, 0.15) is 0 Å². The number of hydrogen-bond acceptors (Lipinski definition) is 2. The quantitative estimate of drug-likeness (QED) is 0.895. The van der Waals surface area contributed by atoms with Crippen LogP contribution in [0.25, 0.3) is 0 Å². The van der Waals surface area contributed by atoms with E-state index in [0.29, 0.717) is 12.3 Å². The highest BCUT2D eigenvalue weighted by Crippen LogP contribution is 2.37. The summed E-state index contributed by atoms with van der Waals surface area (Å²) >= 11 is 0. The molecule has 1 fully saturated rings. The highest BCUT2D eigenvalue weighted by atomic mass is 19.4. The summed E-state index contributed by atoms with van der Waals surface area (Å²) in [5, 5.41) is 9.99. The standard InChI is InChI=1S/C14H18F3NO/c15-14(16,17)12-7-8-18-9-11(12)13(19)6-5-10-3-1-2-4-10/h7-10,13,19H,1-6H2. The van der Waals surface area contributed by atoms with Crippen molar-refractivity contribution in [1.82, 2.24) is 4.98 Å². The molecule has 0 aliphatic heterocycles. The molecule has 0 amide bonds. The van der Waals surface area contributed by atoms with Gasteiger partial charge in [0.25, 0.3) is 0 Å². The molecule has 2 nitrogen and oxygen atoms in total. The molecule has 106 valence electrons. The third kappa shape index (κ3) is 3.69. The van der Waals surface area contributed by atoms with E-state index in [4.69, 9.17) is 0 Å². The Morgan fingerprint density at radius 2 is 2.00 bits per heavy atom. The van der Waals surface area contributed by atoms with E-state index in [2.05, 4.69) is 4.98 Å². The van der Waals surface area contributed by atoms with E-state index >= 15 is 0 Å². The lowest BCUT2D eigenvalue weighted by Crippen LogP contribution is -2.13. The van der Waals surface area contributed by atoms with Crippen molar-refractivity contribution in [3.05, 3.63) is 29.6 Å². The Morgan fingerprint density at radius 1 is 1.32 bits per heavy atom. The van der Waals surface area contributed by atoms with Gasteiger partial charge in [-0.2, -0.15) is 13.2 Å². The Kier molecular flexibility index (Phi) is 4.45. The van der Waals surface area contributed by atoms with Gasteiger partial charge in [0.2, 0.25) is 0 Å². The van der Waals surface area contributed by atoms with Gasteiger partial charge >= 0.3 is 6.18 Å². The third-order valence-electron chi connectivity index (χ3n) is 3.84. The molecule has 1 N–H and O–H groups in total. The molecule has 0 saturated heterocycles. The normalized spacial score (nSPS) is 18.7. The number of aliphatic hydroxyl groups excluding tert-OH is 1. The summed E-state index contributed by atoms with van der Waals surface area (Å²) in [4.78, 5) is 3.70. The van der Waals surface area contributed by atoms with Crippen molar-refractivity contribution in [1.29, 1.82) is 0 Å². The van der Waals surface area contributed by atoms with E-state index in [1.54, 1.807) is 0 Å². The summed E-state index contributed by atoms with van der Waals surface area (Å²) in [6.07, 6.45) is 2.53. The molecule has 5 heteroatoms. The van der Waals surface area contributed by atoms with Crippen LogP contribution in [0, 0.1) is 5.92 Å². The van der Waals surface area contributed by atoms with Crippen LogP contribution in [-0.4, -0.2) is 10.1 Å². The minimum Gasteiger partial charge on any atom is -0.388 e. The Hall–Kier alpha value is -1.10. The predicted molar refractivity (Wildman–Crippen MR) is 65.4 cm³/mol. The molecule has 1 aromatic heterocycles. The van der Waals surface area contributed by atoms with Crippen LogP contribution < -0.4 is 0 Å². The zero-order valence-electron chi connectivity index (χ0n) is 10.7. The maximum Gasteiger partial charge on any atom is 0.416 e. The van der Waals surface area contributed by atoms with Gasteiger partial charge in [-0.05, 0) is 24.8 Å². The monoisotopic (exact) mass is 273 g/mol. The van der Waals surface area contributed by atoms with Crippen LogP contribution in [-0.2, 0) is 6.18 Å². The second-order valence-electron chi connectivity index (χ2n) is 5.20. The summed E-state index contributed by atoms with van der Waals surface area (Å²) < 4.78 is 38.4. The third-order valence-corrected chi connectivity index (χ3v) is 3.84. The average Bonchev–Trinajstić information content (AvgIpc) is 2.88. The highest BCUT2D eigenvalue weighted by molar-refractivity contribution is 5.28.